The molecule has 0 unspecified atom stereocenters. The normalized spacial score (nSPS) is 18.3. The lowest BCUT2D eigenvalue weighted by molar-refractivity contribution is 0.0729. The molecule has 0 fully saturated rings. The first-order chi connectivity index (χ1) is 16.7. The average Bonchev–Trinajstić information content (AvgIpc) is 2.91. The molecule has 0 bridgehead atoms. The van der Waals surface area contributed by atoms with Gasteiger partial charge in [0.2, 0.25) is 0 Å². The average molecular weight is 474 g/mol. The number of likely N-dealkylation sites (N-methyl/N-ethyl adjacent to an activating group) is 1. The van der Waals surface area contributed by atoms with Gasteiger partial charge in [-0.1, -0.05) is 48.4 Å². The molecule has 0 saturated heterocycles. The summed E-state index contributed by atoms with van der Waals surface area (Å²) in [7, 11) is 2.01. The molecule has 0 radical (unpaired) electrons. The van der Waals surface area contributed by atoms with E-state index in [0.29, 0.717) is 38.3 Å². The van der Waals surface area contributed by atoms with Gasteiger partial charge >= 0.3 is 0 Å². The highest BCUT2D eigenvalue weighted by molar-refractivity contribution is 6.00. The number of halogens is 1. The van der Waals surface area contributed by atoms with Gasteiger partial charge in [0.05, 0.1) is 0 Å². The van der Waals surface area contributed by atoms with Crippen LogP contribution in [-0.4, -0.2) is 40.4 Å². The van der Waals surface area contributed by atoms with Crippen molar-refractivity contribution < 1.29 is 9.18 Å². The van der Waals surface area contributed by atoms with E-state index in [4.69, 9.17) is 0 Å². The van der Waals surface area contributed by atoms with E-state index >= 15 is 0 Å². The Morgan fingerprint density at radius 1 is 0.971 bits per heavy atom. The quantitative estimate of drug-likeness (QED) is 0.561. The van der Waals surface area contributed by atoms with Crippen LogP contribution in [0.4, 0.5) is 4.39 Å². The molecule has 3 aromatic rings. The van der Waals surface area contributed by atoms with Gasteiger partial charge in [0.1, 0.15) is 11.5 Å². The smallest absolute Gasteiger partial charge is 0.271 e. The number of amides is 1. The highest BCUT2D eigenvalue weighted by atomic mass is 19.1. The Morgan fingerprint density at radius 2 is 1.66 bits per heavy atom. The molecular weight excluding hydrogens is 441 g/mol. The molecule has 1 atom stereocenters. The monoisotopic (exact) mass is 473 g/mol. The molecule has 5 nitrogen and oxygen atoms in total. The number of aromatic nitrogens is 1. The first kappa shape index (κ1) is 23.5. The summed E-state index contributed by atoms with van der Waals surface area (Å²) in [5.41, 5.74) is 7.04. The van der Waals surface area contributed by atoms with Crippen molar-refractivity contribution in [1.29, 1.82) is 0 Å². The van der Waals surface area contributed by atoms with E-state index in [-0.39, 0.29) is 23.2 Å². The van der Waals surface area contributed by atoms with Crippen molar-refractivity contribution in [1.82, 2.24) is 14.4 Å². The second-order valence-corrected chi connectivity index (χ2v) is 10.4. The van der Waals surface area contributed by atoms with Gasteiger partial charge in [0.25, 0.3) is 11.5 Å². The van der Waals surface area contributed by atoms with Crippen LogP contribution in [0.25, 0.3) is 11.1 Å². The van der Waals surface area contributed by atoms with E-state index in [1.165, 1.54) is 12.1 Å². The molecule has 1 aromatic heterocycles. The van der Waals surface area contributed by atoms with Gasteiger partial charge in [0.15, 0.2) is 0 Å². The number of carbonyl (C=O) groups excluding carboxylic acids is 1. The van der Waals surface area contributed by atoms with E-state index < -0.39 is 0 Å². The fraction of sp³-hybridized carbons (Fsp3) is 0.379. The van der Waals surface area contributed by atoms with Crippen molar-refractivity contribution in [2.24, 2.45) is 5.92 Å². The fourth-order valence-electron chi connectivity index (χ4n) is 5.73. The van der Waals surface area contributed by atoms with E-state index in [1.807, 2.05) is 11.9 Å². The van der Waals surface area contributed by atoms with Gasteiger partial charge in [-0.25, -0.2) is 4.39 Å². The Hall–Kier alpha value is -3.25. The van der Waals surface area contributed by atoms with Crippen molar-refractivity contribution >= 4 is 5.91 Å². The first-order valence-corrected chi connectivity index (χ1v) is 12.3. The Labute approximate surface area is 205 Å². The molecule has 2 aliphatic rings. The maximum atomic E-state index is 14.2. The van der Waals surface area contributed by atoms with Gasteiger partial charge in [-0.15, -0.1) is 0 Å². The lowest BCUT2D eigenvalue weighted by Crippen LogP contribution is -2.39. The number of benzene rings is 2. The molecule has 2 aromatic carbocycles. The Kier molecular flexibility index (Phi) is 6.09. The molecule has 0 aliphatic carbocycles. The lowest BCUT2D eigenvalue weighted by atomic mass is 9.89. The molecule has 3 heterocycles. The third-order valence-electron chi connectivity index (χ3n) is 7.15. The SMILES string of the molecule is Cc1cc(C)cc(CN2C[C@H](C)Cn3c(c(-c4ccc(F)cc4)c4c(c3=O)CN(C)CC4)C2=O)c1. The summed E-state index contributed by atoms with van der Waals surface area (Å²) in [6.07, 6.45) is 0.682. The van der Waals surface area contributed by atoms with E-state index in [2.05, 4.69) is 43.9 Å². The minimum atomic E-state index is -0.321. The maximum Gasteiger partial charge on any atom is 0.271 e. The zero-order valence-electron chi connectivity index (χ0n) is 20.9. The number of hydrogen-bond donors (Lipinski definition) is 0. The summed E-state index contributed by atoms with van der Waals surface area (Å²) in [5.74, 6) is -0.339. The summed E-state index contributed by atoms with van der Waals surface area (Å²) in [6.45, 7) is 9.12. The van der Waals surface area contributed by atoms with Crippen molar-refractivity contribution in [2.45, 2.75) is 46.8 Å². The minimum absolute atomic E-state index is 0.0686. The Balaban J connectivity index is 1.71. The van der Waals surface area contributed by atoms with Crippen LogP contribution in [0.5, 0.6) is 0 Å². The van der Waals surface area contributed by atoms with Crippen LogP contribution in [0.15, 0.2) is 47.3 Å². The number of rotatable bonds is 3. The summed E-state index contributed by atoms with van der Waals surface area (Å²) in [4.78, 5) is 32.0. The molecule has 0 N–H and O–H groups in total. The highest BCUT2D eigenvalue weighted by Gasteiger charge is 2.34. The summed E-state index contributed by atoms with van der Waals surface area (Å²) in [6, 6.07) is 12.7. The van der Waals surface area contributed by atoms with Crippen LogP contribution in [0, 0.1) is 25.6 Å². The number of hydrogen-bond acceptors (Lipinski definition) is 3. The van der Waals surface area contributed by atoms with E-state index in [1.54, 1.807) is 16.7 Å². The van der Waals surface area contributed by atoms with Gasteiger partial charge in [0, 0.05) is 43.9 Å². The predicted molar refractivity (Wildman–Crippen MR) is 136 cm³/mol. The number of nitrogens with zero attached hydrogens (tertiary/aromatic N) is 3. The van der Waals surface area contributed by atoms with Crippen LogP contribution in [-0.2, 0) is 26.1 Å². The number of fused-ring (bicyclic) bond motifs is 2. The second-order valence-electron chi connectivity index (χ2n) is 10.4. The van der Waals surface area contributed by atoms with Crippen molar-refractivity contribution in [3.8, 4) is 11.1 Å². The highest BCUT2D eigenvalue weighted by Crippen LogP contribution is 2.34. The molecule has 2 aliphatic heterocycles. The van der Waals surface area contributed by atoms with Crippen molar-refractivity contribution in [2.75, 3.05) is 20.1 Å². The minimum Gasteiger partial charge on any atom is -0.333 e. The van der Waals surface area contributed by atoms with Crippen LogP contribution in [0.1, 0.15) is 45.2 Å². The van der Waals surface area contributed by atoms with Crippen LogP contribution < -0.4 is 5.56 Å². The summed E-state index contributed by atoms with van der Waals surface area (Å²) < 4.78 is 15.5. The molecule has 0 saturated carbocycles. The summed E-state index contributed by atoms with van der Waals surface area (Å²) >= 11 is 0. The van der Waals surface area contributed by atoms with Crippen LogP contribution >= 0.6 is 0 Å². The molecule has 5 rings (SSSR count). The third kappa shape index (κ3) is 4.43. The number of aryl methyl sites for hydroxylation is 2. The first-order valence-electron chi connectivity index (χ1n) is 12.3. The van der Waals surface area contributed by atoms with Crippen LogP contribution in [0.3, 0.4) is 0 Å². The molecule has 1 amide bonds. The lowest BCUT2D eigenvalue weighted by Gasteiger charge is -2.30. The summed E-state index contributed by atoms with van der Waals surface area (Å²) in [5, 5.41) is 0. The third-order valence-corrected chi connectivity index (χ3v) is 7.15. The Morgan fingerprint density at radius 3 is 2.34 bits per heavy atom. The zero-order chi connectivity index (χ0) is 24.9. The standard InChI is InChI=1S/C29H32FN3O2/c1-18-11-19(2)13-21(12-18)16-32-14-20(3)15-33-27(29(32)35)26(22-5-7-23(30)8-6-22)24-9-10-31(4)17-25(24)28(33)34/h5-8,11-13,20H,9-10,14-17H2,1-4H3/t20-/m0/s1. The van der Waals surface area contributed by atoms with Crippen molar-refractivity contribution in [3.63, 3.8) is 0 Å². The second kappa shape index (κ2) is 9.08. The van der Waals surface area contributed by atoms with Gasteiger partial charge < -0.3 is 14.4 Å². The molecule has 6 heteroatoms. The predicted octanol–water partition coefficient (Wildman–Crippen LogP) is 4.55. The topological polar surface area (TPSA) is 45.6 Å². The molecule has 182 valence electrons. The zero-order valence-corrected chi connectivity index (χ0v) is 20.9. The Bertz CT molecular complexity index is 1340. The molecule has 0 spiro atoms. The largest absolute Gasteiger partial charge is 0.333 e. The van der Waals surface area contributed by atoms with Crippen molar-refractivity contribution in [3.05, 3.63) is 92.1 Å². The van der Waals surface area contributed by atoms with E-state index in [0.717, 1.165) is 45.5 Å². The van der Waals surface area contributed by atoms with Gasteiger partial charge in [-0.05, 0) is 62.1 Å². The fourth-order valence-corrected chi connectivity index (χ4v) is 5.73. The van der Waals surface area contributed by atoms with Gasteiger partial charge in [-0.2, -0.15) is 0 Å². The van der Waals surface area contributed by atoms with Crippen LogP contribution in [0.2, 0.25) is 0 Å². The van der Waals surface area contributed by atoms with E-state index in [9.17, 15) is 14.0 Å². The van der Waals surface area contributed by atoms with Gasteiger partial charge in [-0.3, -0.25) is 9.59 Å². The molecular formula is C29H32FN3O2. The maximum absolute atomic E-state index is 14.2. The molecule has 35 heavy (non-hydrogen) atoms. The number of carbonyl (C=O) groups is 1. The number of pyridine rings is 1.